The van der Waals surface area contributed by atoms with Crippen molar-refractivity contribution in [3.8, 4) is 0 Å². The van der Waals surface area contributed by atoms with Crippen molar-refractivity contribution >= 4 is 17.5 Å². The third-order valence-electron chi connectivity index (χ3n) is 6.33. The Balaban J connectivity index is 1.38. The zero-order chi connectivity index (χ0) is 22.7. The van der Waals surface area contributed by atoms with Crippen molar-refractivity contribution in [3.05, 3.63) is 65.7 Å². The summed E-state index contributed by atoms with van der Waals surface area (Å²) in [5.41, 5.74) is -0.459. The molecule has 2 aliphatic heterocycles. The van der Waals surface area contributed by atoms with Crippen LogP contribution in [0.3, 0.4) is 0 Å². The van der Waals surface area contributed by atoms with Crippen LogP contribution < -0.4 is 10.6 Å². The van der Waals surface area contributed by atoms with E-state index in [4.69, 9.17) is 0 Å². The summed E-state index contributed by atoms with van der Waals surface area (Å²) >= 11 is 0. The number of carbonyl (C=O) groups excluding carboxylic acids is 2. The zero-order valence-corrected chi connectivity index (χ0v) is 17.6. The Morgan fingerprint density at radius 1 is 0.938 bits per heavy atom. The minimum absolute atomic E-state index is 0.0169. The molecule has 4 rings (SSSR count). The molecule has 32 heavy (non-hydrogen) atoms. The fourth-order valence-corrected chi connectivity index (χ4v) is 4.91. The van der Waals surface area contributed by atoms with E-state index in [0.717, 1.165) is 38.2 Å². The smallest absolute Gasteiger partial charge is 0.349 e. The summed E-state index contributed by atoms with van der Waals surface area (Å²) in [7, 11) is 0. The first-order valence-electron chi connectivity index (χ1n) is 10.9. The van der Waals surface area contributed by atoms with Gasteiger partial charge in [0.15, 0.2) is 0 Å². The second kappa shape index (κ2) is 9.32. The average molecular weight is 445 g/mol. The number of benzene rings is 2. The normalized spacial score (nSPS) is 23.4. The van der Waals surface area contributed by atoms with Crippen LogP contribution in [0, 0.1) is 0 Å². The molecule has 2 bridgehead atoms. The number of rotatable bonds is 5. The van der Waals surface area contributed by atoms with E-state index in [1.165, 1.54) is 18.2 Å². The Labute approximate surface area is 185 Å². The van der Waals surface area contributed by atoms with E-state index < -0.39 is 17.6 Å². The first kappa shape index (κ1) is 22.3. The van der Waals surface area contributed by atoms with Crippen molar-refractivity contribution in [2.75, 3.05) is 11.9 Å². The van der Waals surface area contributed by atoms with Gasteiger partial charge in [-0.05, 0) is 49.9 Å². The number of piperidine rings is 2. The van der Waals surface area contributed by atoms with Crippen molar-refractivity contribution < 1.29 is 22.8 Å². The Morgan fingerprint density at radius 2 is 1.56 bits per heavy atom. The maximum absolute atomic E-state index is 13.2. The van der Waals surface area contributed by atoms with Crippen LogP contribution in [0.4, 0.5) is 18.9 Å². The number of anilines is 1. The number of para-hydroxylation sites is 1. The molecule has 5 nitrogen and oxygen atoms in total. The molecule has 2 aromatic rings. The monoisotopic (exact) mass is 445 g/mol. The lowest BCUT2D eigenvalue weighted by atomic mass is 9.81. The van der Waals surface area contributed by atoms with Crippen LogP contribution in [0.25, 0.3) is 0 Å². The lowest BCUT2D eigenvalue weighted by Gasteiger charge is -2.48. The molecule has 0 aromatic heterocycles. The second-order valence-electron chi connectivity index (χ2n) is 8.51. The molecule has 0 unspecified atom stereocenters. The molecule has 0 aliphatic carbocycles. The molecule has 0 spiro atoms. The number of alkyl halides is 3. The maximum Gasteiger partial charge on any atom is 0.418 e. The van der Waals surface area contributed by atoms with E-state index in [0.29, 0.717) is 5.56 Å². The Morgan fingerprint density at radius 3 is 2.22 bits per heavy atom. The van der Waals surface area contributed by atoms with Crippen LogP contribution >= 0.6 is 0 Å². The van der Waals surface area contributed by atoms with Gasteiger partial charge >= 0.3 is 6.18 Å². The molecule has 8 heteroatoms. The number of nitrogens with zero attached hydrogens (tertiary/aromatic N) is 1. The molecular formula is C24H26F3N3O2. The van der Waals surface area contributed by atoms with Crippen LogP contribution in [0.15, 0.2) is 54.6 Å². The molecule has 2 fully saturated rings. The van der Waals surface area contributed by atoms with E-state index in [-0.39, 0.29) is 36.3 Å². The Bertz CT molecular complexity index is 950. The predicted molar refractivity (Wildman–Crippen MR) is 115 cm³/mol. The summed E-state index contributed by atoms with van der Waals surface area (Å²) in [6.45, 7) is 0.0425. The lowest BCUT2D eigenvalue weighted by molar-refractivity contribution is -0.137. The van der Waals surface area contributed by atoms with Gasteiger partial charge in [0.05, 0.1) is 17.8 Å². The van der Waals surface area contributed by atoms with Gasteiger partial charge < -0.3 is 10.6 Å². The Hall–Kier alpha value is -2.87. The molecule has 0 saturated carbocycles. The molecular weight excluding hydrogens is 419 g/mol. The summed E-state index contributed by atoms with van der Waals surface area (Å²) in [6.07, 6.45) is -0.233. The van der Waals surface area contributed by atoms with Gasteiger partial charge in [-0.15, -0.1) is 0 Å². The summed E-state index contributed by atoms with van der Waals surface area (Å²) in [4.78, 5) is 27.3. The summed E-state index contributed by atoms with van der Waals surface area (Å²) in [5.74, 6) is -0.561. The minimum Gasteiger partial charge on any atom is -0.349 e. The van der Waals surface area contributed by atoms with Crippen LogP contribution in [-0.2, 0) is 11.0 Å². The molecule has 2 N–H and O–H groups in total. The molecule has 0 radical (unpaired) electrons. The fourth-order valence-electron chi connectivity index (χ4n) is 4.91. The number of carbonyl (C=O) groups is 2. The molecule has 2 heterocycles. The van der Waals surface area contributed by atoms with Gasteiger partial charge in [0.1, 0.15) is 0 Å². The molecule has 2 aromatic carbocycles. The number of halogens is 3. The number of nitrogens with one attached hydrogen (secondary N) is 2. The molecule has 2 atom stereocenters. The van der Waals surface area contributed by atoms with Crippen molar-refractivity contribution in [2.45, 2.75) is 56.4 Å². The number of hydrogen-bond acceptors (Lipinski definition) is 3. The van der Waals surface area contributed by atoms with Gasteiger partial charge in [-0.25, -0.2) is 0 Å². The van der Waals surface area contributed by atoms with E-state index in [1.54, 1.807) is 12.1 Å². The van der Waals surface area contributed by atoms with Gasteiger partial charge in [-0.1, -0.05) is 36.8 Å². The quantitative estimate of drug-likeness (QED) is 0.715. The van der Waals surface area contributed by atoms with Crippen LogP contribution in [0.1, 0.15) is 48.0 Å². The van der Waals surface area contributed by atoms with Crippen molar-refractivity contribution in [2.24, 2.45) is 0 Å². The average Bonchev–Trinajstić information content (AvgIpc) is 2.74. The van der Waals surface area contributed by atoms with Gasteiger partial charge in [0, 0.05) is 23.7 Å². The molecule has 2 amide bonds. The van der Waals surface area contributed by atoms with Crippen molar-refractivity contribution in [1.29, 1.82) is 0 Å². The highest BCUT2D eigenvalue weighted by atomic mass is 19.4. The molecule has 170 valence electrons. The highest BCUT2D eigenvalue weighted by Gasteiger charge is 2.40. The number of fused-ring (bicyclic) bond motifs is 2. The SMILES string of the molecule is O=C(CN1[C@@H]2CCC[C@@H]1CC(NC(=O)c1ccccc1)C2)Nc1ccccc1C(F)(F)F. The Kier molecular flexibility index (Phi) is 6.50. The zero-order valence-electron chi connectivity index (χ0n) is 17.6. The fraction of sp³-hybridized carbons (Fsp3) is 0.417. The summed E-state index contributed by atoms with van der Waals surface area (Å²) < 4.78 is 39.7. The predicted octanol–water partition coefficient (Wildman–Crippen LogP) is 4.46. The van der Waals surface area contributed by atoms with Crippen molar-refractivity contribution in [1.82, 2.24) is 10.2 Å². The van der Waals surface area contributed by atoms with E-state index in [9.17, 15) is 22.8 Å². The van der Waals surface area contributed by atoms with Gasteiger partial charge in [-0.2, -0.15) is 13.2 Å². The second-order valence-corrected chi connectivity index (χ2v) is 8.51. The first-order chi connectivity index (χ1) is 15.3. The third kappa shape index (κ3) is 5.12. The third-order valence-corrected chi connectivity index (χ3v) is 6.33. The highest BCUT2D eigenvalue weighted by molar-refractivity contribution is 5.94. The van der Waals surface area contributed by atoms with E-state index in [1.807, 2.05) is 18.2 Å². The topological polar surface area (TPSA) is 61.4 Å². The molecule has 2 saturated heterocycles. The summed E-state index contributed by atoms with van der Waals surface area (Å²) in [6, 6.07) is 14.3. The van der Waals surface area contributed by atoms with Gasteiger partial charge in [-0.3, -0.25) is 14.5 Å². The first-order valence-corrected chi connectivity index (χ1v) is 10.9. The largest absolute Gasteiger partial charge is 0.418 e. The minimum atomic E-state index is -4.53. The molecule has 2 aliphatic rings. The maximum atomic E-state index is 13.2. The highest BCUT2D eigenvalue weighted by Crippen LogP contribution is 2.36. The van der Waals surface area contributed by atoms with Crippen LogP contribution in [-0.4, -0.2) is 41.4 Å². The standard InChI is InChI=1S/C24H26F3N3O2/c25-24(26,27)20-11-4-5-12-21(20)29-22(31)15-30-18-9-6-10-19(30)14-17(13-18)28-23(32)16-7-2-1-3-8-16/h1-5,7-8,11-12,17-19H,6,9-10,13-15H2,(H,28,32)(H,29,31)/t18-,19-/m1/s1. The number of hydrogen-bond donors (Lipinski definition) is 2. The van der Waals surface area contributed by atoms with Crippen molar-refractivity contribution in [3.63, 3.8) is 0 Å². The summed E-state index contributed by atoms with van der Waals surface area (Å²) in [5, 5.41) is 5.56. The van der Waals surface area contributed by atoms with Crippen LogP contribution in [0.2, 0.25) is 0 Å². The van der Waals surface area contributed by atoms with E-state index in [2.05, 4.69) is 15.5 Å². The lowest BCUT2D eigenvalue weighted by Crippen LogP contribution is -2.58. The van der Waals surface area contributed by atoms with Gasteiger partial charge in [0.25, 0.3) is 5.91 Å². The van der Waals surface area contributed by atoms with E-state index >= 15 is 0 Å². The number of amides is 2. The van der Waals surface area contributed by atoms with Gasteiger partial charge in [0.2, 0.25) is 5.91 Å². The van der Waals surface area contributed by atoms with Crippen LogP contribution in [0.5, 0.6) is 0 Å².